The third kappa shape index (κ3) is 5.91. The molecule has 208 valence electrons. The lowest BCUT2D eigenvalue weighted by Gasteiger charge is -2.35. The van der Waals surface area contributed by atoms with E-state index in [0.717, 1.165) is 42.7 Å². The fourth-order valence-corrected chi connectivity index (χ4v) is 9.48. The Bertz CT molecular complexity index is 1260. The number of anilines is 1. The molecule has 1 saturated carbocycles. The lowest BCUT2D eigenvalue weighted by Crippen LogP contribution is -2.43. The van der Waals surface area contributed by atoms with Crippen LogP contribution in [-0.4, -0.2) is 43.9 Å². The van der Waals surface area contributed by atoms with Crippen molar-refractivity contribution in [3.05, 3.63) is 71.6 Å². The minimum absolute atomic E-state index is 0.104. The smallest absolute Gasteiger partial charge is 0.167 e. The summed E-state index contributed by atoms with van der Waals surface area (Å²) in [6.45, 7) is 6.23. The van der Waals surface area contributed by atoms with Gasteiger partial charge in [0, 0.05) is 52.4 Å². The average Bonchev–Trinajstić information content (AvgIpc) is 3.22. The maximum atomic E-state index is 13.6. The predicted octanol–water partition coefficient (Wildman–Crippen LogP) is 7.35. The van der Waals surface area contributed by atoms with Gasteiger partial charge in [0.15, 0.2) is 5.78 Å². The second-order valence-electron chi connectivity index (χ2n) is 12.5. The van der Waals surface area contributed by atoms with Crippen molar-refractivity contribution in [1.29, 1.82) is 0 Å². The van der Waals surface area contributed by atoms with Crippen LogP contribution in [-0.2, 0) is 11.0 Å². The molecule has 1 N–H and O–H groups in total. The molecular weight excluding hydrogens is 527 g/mol. The molecule has 4 atom stereocenters. The molecule has 0 radical (unpaired) electrons. The number of fused-ring (bicyclic) bond motifs is 3. The highest BCUT2D eigenvalue weighted by molar-refractivity contribution is 8.00. The van der Waals surface area contributed by atoms with E-state index in [2.05, 4.69) is 53.8 Å². The van der Waals surface area contributed by atoms with Crippen LogP contribution in [0.3, 0.4) is 0 Å². The van der Waals surface area contributed by atoms with Gasteiger partial charge < -0.3 is 5.32 Å². The van der Waals surface area contributed by atoms with E-state index in [1.807, 2.05) is 11.8 Å². The van der Waals surface area contributed by atoms with Gasteiger partial charge in [-0.1, -0.05) is 32.1 Å². The summed E-state index contributed by atoms with van der Waals surface area (Å²) >= 11 is 1.94. The Kier molecular flexibility index (Phi) is 7.77. The van der Waals surface area contributed by atoms with E-state index in [-0.39, 0.29) is 34.7 Å². The van der Waals surface area contributed by atoms with Gasteiger partial charge in [-0.2, -0.15) is 0 Å². The predicted molar refractivity (Wildman–Crippen MR) is 159 cm³/mol. The van der Waals surface area contributed by atoms with Gasteiger partial charge in [-0.3, -0.25) is 4.79 Å². The standard InChI is InChI=1S/C32H39FN2O2S2/c1-32(2)15-11-24(12-16-32)38-25-7-9-27-28-10-8-26(20-30(28)31(36)29(27)19-25)39(37)35-17-13-23(14-18-35)34-22-5-3-21(33)4-6-22/h3-10,19,23-24,26,28,30,34H,11-18,20H2,1-2H3. The molecule has 1 aliphatic heterocycles. The Labute approximate surface area is 238 Å². The van der Waals surface area contributed by atoms with E-state index in [0.29, 0.717) is 17.1 Å². The molecule has 3 aliphatic carbocycles. The molecule has 4 unspecified atom stereocenters. The number of hydrogen-bond acceptors (Lipinski definition) is 4. The van der Waals surface area contributed by atoms with E-state index < -0.39 is 11.0 Å². The molecule has 7 heteroatoms. The number of nitrogens with one attached hydrogen (secondary N) is 1. The number of hydrogen-bond donors (Lipinski definition) is 1. The van der Waals surface area contributed by atoms with E-state index >= 15 is 0 Å². The van der Waals surface area contributed by atoms with Gasteiger partial charge in [0.25, 0.3) is 0 Å². The van der Waals surface area contributed by atoms with Crippen LogP contribution in [0.5, 0.6) is 0 Å². The first-order valence-corrected chi connectivity index (χ1v) is 16.5. The zero-order valence-electron chi connectivity index (χ0n) is 22.9. The second kappa shape index (κ2) is 11.1. The lowest BCUT2D eigenvalue weighted by molar-refractivity contribution is 0.0922. The normalized spacial score (nSPS) is 28.2. The molecule has 39 heavy (non-hydrogen) atoms. The fraction of sp³-hybridized carbons (Fsp3) is 0.531. The number of nitrogens with zero attached hydrogens (tertiary/aromatic N) is 1. The van der Waals surface area contributed by atoms with Crippen molar-refractivity contribution in [1.82, 2.24) is 4.31 Å². The zero-order valence-corrected chi connectivity index (χ0v) is 24.5. The summed E-state index contributed by atoms with van der Waals surface area (Å²) in [6, 6.07) is 13.3. The fourth-order valence-electron chi connectivity index (χ4n) is 6.74. The Balaban J connectivity index is 1.05. The molecule has 2 aromatic rings. The summed E-state index contributed by atoms with van der Waals surface area (Å²) < 4.78 is 28.8. The molecular formula is C32H39FN2O2S2. The van der Waals surface area contributed by atoms with Gasteiger partial charge in [0.05, 0.1) is 5.25 Å². The largest absolute Gasteiger partial charge is 0.382 e. The molecule has 0 amide bonds. The van der Waals surface area contributed by atoms with Crippen LogP contribution in [0.25, 0.3) is 0 Å². The highest BCUT2D eigenvalue weighted by Crippen LogP contribution is 2.47. The zero-order chi connectivity index (χ0) is 27.1. The number of allylic oxidation sites excluding steroid dienone is 1. The Morgan fingerprint density at radius 1 is 1.00 bits per heavy atom. The number of thioether (sulfide) groups is 1. The Morgan fingerprint density at radius 2 is 1.72 bits per heavy atom. The van der Waals surface area contributed by atoms with Gasteiger partial charge in [0.2, 0.25) is 0 Å². The van der Waals surface area contributed by atoms with E-state index in [1.54, 1.807) is 12.1 Å². The number of carbonyl (C=O) groups is 1. The third-order valence-corrected chi connectivity index (χ3v) is 12.3. The number of carbonyl (C=O) groups excluding carboxylic acids is 1. The minimum atomic E-state index is -1.15. The van der Waals surface area contributed by atoms with E-state index in [9.17, 15) is 13.4 Å². The van der Waals surface area contributed by atoms with Crippen molar-refractivity contribution in [2.75, 3.05) is 18.4 Å². The molecule has 4 aliphatic rings. The highest BCUT2D eigenvalue weighted by Gasteiger charge is 2.43. The SMILES string of the molecule is CC1(C)CCC(Sc2ccc3c(c2)C(=O)C2CC(S(=O)N4CCC(Nc5ccc(F)cc5)CC4)C=CC32)CC1. The summed E-state index contributed by atoms with van der Waals surface area (Å²) in [5.74, 6) is 0.00410. The van der Waals surface area contributed by atoms with E-state index in [1.165, 1.54) is 42.7 Å². The van der Waals surface area contributed by atoms with Crippen molar-refractivity contribution in [2.24, 2.45) is 11.3 Å². The van der Waals surface area contributed by atoms with Crippen LogP contribution < -0.4 is 5.32 Å². The summed E-state index contributed by atoms with van der Waals surface area (Å²) in [6.07, 6.45) is 11.7. The van der Waals surface area contributed by atoms with Gasteiger partial charge in [0.1, 0.15) is 16.8 Å². The highest BCUT2D eigenvalue weighted by atomic mass is 32.2. The summed E-state index contributed by atoms with van der Waals surface area (Å²) in [7, 11) is -1.15. The maximum Gasteiger partial charge on any atom is 0.167 e. The number of Topliss-reactive ketones (excluding diaryl/α,β-unsaturated/α-hetero) is 1. The molecule has 0 spiro atoms. The third-order valence-electron chi connectivity index (χ3n) is 9.21. The number of piperidine rings is 1. The minimum Gasteiger partial charge on any atom is -0.382 e. The molecule has 2 fully saturated rings. The molecule has 1 heterocycles. The molecule has 2 aromatic carbocycles. The first kappa shape index (κ1) is 27.2. The van der Waals surface area contributed by atoms with Crippen molar-refractivity contribution < 1.29 is 13.4 Å². The topological polar surface area (TPSA) is 49.4 Å². The van der Waals surface area contributed by atoms with Crippen LogP contribution in [0.2, 0.25) is 0 Å². The monoisotopic (exact) mass is 566 g/mol. The molecule has 6 rings (SSSR count). The van der Waals surface area contributed by atoms with Crippen LogP contribution in [0.15, 0.2) is 59.5 Å². The quantitative estimate of drug-likeness (QED) is 0.372. The van der Waals surface area contributed by atoms with Gasteiger partial charge >= 0.3 is 0 Å². The summed E-state index contributed by atoms with van der Waals surface area (Å²) in [4.78, 5) is 14.8. The van der Waals surface area contributed by atoms with Gasteiger partial charge in [-0.15, -0.1) is 11.8 Å². The van der Waals surface area contributed by atoms with Gasteiger partial charge in [-0.25, -0.2) is 12.9 Å². The van der Waals surface area contributed by atoms with Crippen LogP contribution in [0, 0.1) is 17.2 Å². The Morgan fingerprint density at radius 3 is 2.44 bits per heavy atom. The lowest BCUT2D eigenvalue weighted by atomic mass is 9.77. The number of halogens is 1. The first-order chi connectivity index (χ1) is 18.8. The second-order valence-corrected chi connectivity index (χ2v) is 15.6. The molecule has 1 saturated heterocycles. The van der Waals surface area contributed by atoms with Crippen LogP contribution >= 0.6 is 11.8 Å². The van der Waals surface area contributed by atoms with Gasteiger partial charge in [-0.05, 0) is 92.3 Å². The van der Waals surface area contributed by atoms with Crippen molar-refractivity contribution in [3.8, 4) is 0 Å². The van der Waals surface area contributed by atoms with Crippen LogP contribution in [0.4, 0.5) is 10.1 Å². The average molecular weight is 567 g/mol. The molecule has 4 nitrogen and oxygen atoms in total. The molecule has 0 aromatic heterocycles. The van der Waals surface area contributed by atoms with Crippen LogP contribution in [0.1, 0.15) is 80.6 Å². The summed E-state index contributed by atoms with van der Waals surface area (Å²) in [5.41, 5.74) is 3.41. The number of rotatable bonds is 6. The summed E-state index contributed by atoms with van der Waals surface area (Å²) in [5, 5.41) is 3.99. The van der Waals surface area contributed by atoms with E-state index in [4.69, 9.17) is 0 Å². The Hall–Kier alpha value is -1.96. The number of ketones is 1. The van der Waals surface area contributed by atoms with Crippen molar-refractivity contribution >= 4 is 34.2 Å². The van der Waals surface area contributed by atoms with Crippen molar-refractivity contribution in [3.63, 3.8) is 0 Å². The number of benzene rings is 2. The maximum absolute atomic E-state index is 13.6. The first-order valence-electron chi connectivity index (χ1n) is 14.5. The molecule has 0 bridgehead atoms. The van der Waals surface area contributed by atoms with Crippen molar-refractivity contribution in [2.45, 2.75) is 86.1 Å².